The maximum Gasteiger partial charge on any atom is -0.0326 e. The molecule has 0 spiro atoms. The van der Waals surface area contributed by atoms with E-state index in [2.05, 4.69) is 13.8 Å². The molecule has 2 aliphatic rings. The van der Waals surface area contributed by atoms with Crippen LogP contribution in [0.3, 0.4) is 0 Å². The van der Waals surface area contributed by atoms with Gasteiger partial charge in [0.15, 0.2) is 0 Å². The van der Waals surface area contributed by atoms with Gasteiger partial charge in [0.1, 0.15) is 0 Å². The highest BCUT2D eigenvalue weighted by atomic mass is 14.4. The fourth-order valence-corrected chi connectivity index (χ4v) is 3.24. The third-order valence-corrected chi connectivity index (χ3v) is 4.45. The van der Waals surface area contributed by atoms with Crippen molar-refractivity contribution >= 4 is 0 Å². The van der Waals surface area contributed by atoms with Gasteiger partial charge in [0.25, 0.3) is 0 Å². The number of fused-ring (bicyclic) bond motifs is 3. The molecule has 0 saturated heterocycles. The average molecular weight is 166 g/mol. The zero-order chi connectivity index (χ0) is 8.66. The highest BCUT2D eigenvalue weighted by molar-refractivity contribution is 4.89. The lowest BCUT2D eigenvalue weighted by Crippen LogP contribution is -2.15. The van der Waals surface area contributed by atoms with E-state index in [0.717, 1.165) is 10.8 Å². The lowest BCUT2D eigenvalue weighted by Gasteiger charge is -2.28. The van der Waals surface area contributed by atoms with E-state index in [1.807, 2.05) is 0 Å². The van der Waals surface area contributed by atoms with Gasteiger partial charge in [0.05, 0.1) is 0 Å². The van der Waals surface area contributed by atoms with Gasteiger partial charge in [-0.15, -0.1) is 0 Å². The SMILES string of the molecule is CC12CCCC(C)(CCC1)CC2. The summed E-state index contributed by atoms with van der Waals surface area (Å²) in [5.74, 6) is 0. The first-order valence-electron chi connectivity index (χ1n) is 5.62. The Morgan fingerprint density at radius 2 is 0.917 bits per heavy atom. The van der Waals surface area contributed by atoms with E-state index >= 15 is 0 Å². The van der Waals surface area contributed by atoms with Gasteiger partial charge in [-0.2, -0.15) is 0 Å². The zero-order valence-electron chi connectivity index (χ0n) is 8.66. The molecule has 0 nitrogen and oxygen atoms in total. The molecule has 0 aromatic carbocycles. The molecule has 0 aliphatic heterocycles. The second-order valence-corrected chi connectivity index (χ2v) is 5.83. The van der Waals surface area contributed by atoms with E-state index in [1.165, 1.54) is 51.4 Å². The van der Waals surface area contributed by atoms with Crippen LogP contribution in [0.5, 0.6) is 0 Å². The molecule has 2 saturated carbocycles. The summed E-state index contributed by atoms with van der Waals surface area (Å²) in [7, 11) is 0. The van der Waals surface area contributed by atoms with Gasteiger partial charge in [-0.3, -0.25) is 0 Å². The van der Waals surface area contributed by atoms with Gasteiger partial charge in [0, 0.05) is 0 Å². The van der Waals surface area contributed by atoms with Crippen molar-refractivity contribution in [2.24, 2.45) is 10.8 Å². The summed E-state index contributed by atoms with van der Waals surface area (Å²) >= 11 is 0. The second kappa shape index (κ2) is 2.75. The van der Waals surface area contributed by atoms with Crippen molar-refractivity contribution in [2.45, 2.75) is 65.2 Å². The number of hydrogen-bond acceptors (Lipinski definition) is 0. The van der Waals surface area contributed by atoms with Crippen molar-refractivity contribution in [3.63, 3.8) is 0 Å². The molecule has 0 aromatic heterocycles. The first-order chi connectivity index (χ1) is 5.62. The summed E-state index contributed by atoms with van der Waals surface area (Å²) in [4.78, 5) is 0. The lowest BCUT2D eigenvalue weighted by atomic mass is 9.77. The molecule has 12 heavy (non-hydrogen) atoms. The Kier molecular flexibility index (Phi) is 1.97. The monoisotopic (exact) mass is 166 g/mol. The van der Waals surface area contributed by atoms with E-state index in [4.69, 9.17) is 0 Å². The summed E-state index contributed by atoms with van der Waals surface area (Å²) in [5, 5.41) is 0. The van der Waals surface area contributed by atoms with Crippen LogP contribution in [0.15, 0.2) is 0 Å². The van der Waals surface area contributed by atoms with Gasteiger partial charge >= 0.3 is 0 Å². The van der Waals surface area contributed by atoms with Crippen molar-refractivity contribution in [3.8, 4) is 0 Å². The standard InChI is InChI=1S/C12H22/c1-11-5-3-7-12(2,10-9-11)8-4-6-11/h3-10H2,1-2H3. The Labute approximate surface area is 76.7 Å². The van der Waals surface area contributed by atoms with Crippen molar-refractivity contribution in [2.75, 3.05) is 0 Å². The predicted molar refractivity (Wildman–Crippen MR) is 53.2 cm³/mol. The van der Waals surface area contributed by atoms with E-state index in [9.17, 15) is 0 Å². The quantitative estimate of drug-likeness (QED) is 0.507. The second-order valence-electron chi connectivity index (χ2n) is 5.83. The summed E-state index contributed by atoms with van der Waals surface area (Å²) in [6.45, 7) is 5.04. The molecule has 0 heteroatoms. The van der Waals surface area contributed by atoms with Gasteiger partial charge in [-0.25, -0.2) is 0 Å². The van der Waals surface area contributed by atoms with Crippen LogP contribution in [-0.2, 0) is 0 Å². The fourth-order valence-electron chi connectivity index (χ4n) is 3.24. The molecule has 0 atom stereocenters. The Morgan fingerprint density at radius 1 is 0.583 bits per heavy atom. The first-order valence-corrected chi connectivity index (χ1v) is 5.62. The smallest absolute Gasteiger partial charge is 0.0326 e. The average Bonchev–Trinajstić information content (AvgIpc) is 2.19. The molecule has 2 bridgehead atoms. The molecule has 0 heterocycles. The summed E-state index contributed by atoms with van der Waals surface area (Å²) in [5.41, 5.74) is 1.46. The van der Waals surface area contributed by atoms with E-state index in [1.54, 1.807) is 0 Å². The summed E-state index contributed by atoms with van der Waals surface area (Å²) in [6, 6.07) is 0. The van der Waals surface area contributed by atoms with Crippen molar-refractivity contribution < 1.29 is 0 Å². The third-order valence-electron chi connectivity index (χ3n) is 4.45. The van der Waals surface area contributed by atoms with Crippen LogP contribution in [0.1, 0.15) is 65.2 Å². The topological polar surface area (TPSA) is 0 Å². The van der Waals surface area contributed by atoms with Gasteiger partial charge in [0.2, 0.25) is 0 Å². The predicted octanol–water partition coefficient (Wildman–Crippen LogP) is 4.15. The minimum absolute atomic E-state index is 0.730. The Hall–Kier alpha value is 0. The maximum atomic E-state index is 2.52. The Bertz CT molecular complexity index is 141. The summed E-state index contributed by atoms with van der Waals surface area (Å²) in [6.07, 6.45) is 12.0. The van der Waals surface area contributed by atoms with Crippen LogP contribution < -0.4 is 0 Å². The molecular formula is C12H22. The van der Waals surface area contributed by atoms with Crippen LogP contribution in [0, 0.1) is 10.8 Å². The summed E-state index contributed by atoms with van der Waals surface area (Å²) < 4.78 is 0. The van der Waals surface area contributed by atoms with Gasteiger partial charge in [-0.05, 0) is 49.4 Å². The zero-order valence-corrected chi connectivity index (χ0v) is 8.66. The third kappa shape index (κ3) is 1.53. The van der Waals surface area contributed by atoms with Crippen molar-refractivity contribution in [1.29, 1.82) is 0 Å². The van der Waals surface area contributed by atoms with Crippen LogP contribution in [0.2, 0.25) is 0 Å². The Balaban J connectivity index is 2.18. The highest BCUT2D eigenvalue weighted by Crippen LogP contribution is 2.50. The molecule has 2 aliphatic carbocycles. The molecule has 0 unspecified atom stereocenters. The van der Waals surface area contributed by atoms with E-state index < -0.39 is 0 Å². The molecule has 0 amide bonds. The van der Waals surface area contributed by atoms with Crippen LogP contribution in [0.4, 0.5) is 0 Å². The number of rotatable bonds is 0. The van der Waals surface area contributed by atoms with Crippen molar-refractivity contribution in [1.82, 2.24) is 0 Å². The normalized spacial score (nSPS) is 48.5. The maximum absolute atomic E-state index is 2.52. The van der Waals surface area contributed by atoms with Crippen molar-refractivity contribution in [3.05, 3.63) is 0 Å². The molecule has 70 valence electrons. The van der Waals surface area contributed by atoms with Gasteiger partial charge < -0.3 is 0 Å². The fraction of sp³-hybridized carbons (Fsp3) is 1.00. The molecule has 2 fully saturated rings. The highest BCUT2D eigenvalue weighted by Gasteiger charge is 2.37. The first kappa shape index (κ1) is 8.59. The van der Waals surface area contributed by atoms with E-state index in [-0.39, 0.29) is 0 Å². The van der Waals surface area contributed by atoms with Crippen LogP contribution >= 0.6 is 0 Å². The lowest BCUT2D eigenvalue weighted by molar-refractivity contribution is 0.239. The van der Waals surface area contributed by atoms with Crippen LogP contribution in [-0.4, -0.2) is 0 Å². The minimum Gasteiger partial charge on any atom is -0.0596 e. The van der Waals surface area contributed by atoms with E-state index in [0.29, 0.717) is 0 Å². The number of hydrogen-bond donors (Lipinski definition) is 0. The molecule has 0 aromatic rings. The molecular weight excluding hydrogens is 144 g/mol. The largest absolute Gasteiger partial charge is 0.0596 e. The molecule has 0 N–H and O–H groups in total. The molecule has 2 rings (SSSR count). The molecule has 0 radical (unpaired) electrons. The Morgan fingerprint density at radius 3 is 1.25 bits per heavy atom. The minimum atomic E-state index is 0.730. The van der Waals surface area contributed by atoms with Gasteiger partial charge in [-0.1, -0.05) is 26.7 Å². The van der Waals surface area contributed by atoms with Crippen LogP contribution in [0.25, 0.3) is 0 Å².